The molecule has 0 atom stereocenters. The Hall–Kier alpha value is -1.48. The number of aromatic nitrogens is 1. The van der Waals surface area contributed by atoms with Gasteiger partial charge in [0, 0.05) is 28.8 Å². The number of nitrogens with zero attached hydrogens (tertiary/aromatic N) is 1. The third-order valence-electron chi connectivity index (χ3n) is 2.40. The lowest BCUT2D eigenvalue weighted by Crippen LogP contribution is -2.01. The molecule has 0 N–H and O–H groups in total. The number of thiophene rings is 1. The highest BCUT2D eigenvalue weighted by Gasteiger charge is 2.06. The van der Waals surface area contributed by atoms with Crippen molar-refractivity contribution in [3.63, 3.8) is 0 Å². The number of aryl methyl sites for hydroxylation is 2. The highest BCUT2D eigenvalue weighted by Crippen LogP contribution is 2.13. The minimum Gasteiger partial charge on any atom is -0.294 e. The first-order valence-corrected chi connectivity index (χ1v) is 6.12. The monoisotopic (exact) mass is 231 g/mol. The van der Waals surface area contributed by atoms with Crippen LogP contribution in [-0.2, 0) is 6.42 Å². The molecular formula is C13H13NOS. The van der Waals surface area contributed by atoms with E-state index in [0.29, 0.717) is 6.42 Å². The Kier molecular flexibility index (Phi) is 3.47. The van der Waals surface area contributed by atoms with Gasteiger partial charge >= 0.3 is 0 Å². The van der Waals surface area contributed by atoms with Crippen molar-refractivity contribution in [2.75, 3.05) is 0 Å². The van der Waals surface area contributed by atoms with Gasteiger partial charge in [0.2, 0.25) is 0 Å². The normalized spacial score (nSPS) is 10.3. The molecule has 0 bridgehead atoms. The van der Waals surface area contributed by atoms with Gasteiger partial charge in [-0.05, 0) is 36.9 Å². The van der Waals surface area contributed by atoms with Crippen LogP contribution in [0.3, 0.4) is 0 Å². The molecule has 82 valence electrons. The molecule has 0 saturated heterocycles. The summed E-state index contributed by atoms with van der Waals surface area (Å²) in [6.07, 6.45) is 3.09. The lowest BCUT2D eigenvalue weighted by molar-refractivity contribution is 0.0983. The molecule has 16 heavy (non-hydrogen) atoms. The van der Waals surface area contributed by atoms with Crippen LogP contribution < -0.4 is 0 Å². The summed E-state index contributed by atoms with van der Waals surface area (Å²) in [6.45, 7) is 1.90. The van der Waals surface area contributed by atoms with Crippen LogP contribution in [0, 0.1) is 6.92 Å². The highest BCUT2D eigenvalue weighted by molar-refractivity contribution is 7.09. The van der Waals surface area contributed by atoms with Crippen LogP contribution in [0.5, 0.6) is 0 Å². The van der Waals surface area contributed by atoms with Crippen molar-refractivity contribution in [2.45, 2.75) is 19.8 Å². The highest BCUT2D eigenvalue weighted by atomic mass is 32.1. The van der Waals surface area contributed by atoms with Gasteiger partial charge in [-0.3, -0.25) is 9.78 Å². The van der Waals surface area contributed by atoms with E-state index in [-0.39, 0.29) is 5.78 Å². The van der Waals surface area contributed by atoms with E-state index in [1.54, 1.807) is 23.6 Å². The van der Waals surface area contributed by atoms with Gasteiger partial charge in [-0.15, -0.1) is 11.3 Å². The second-order valence-electron chi connectivity index (χ2n) is 3.69. The molecule has 0 fully saturated rings. The number of carbonyl (C=O) groups is 1. The minimum absolute atomic E-state index is 0.193. The fourth-order valence-corrected chi connectivity index (χ4v) is 2.26. The molecule has 0 aliphatic rings. The van der Waals surface area contributed by atoms with Gasteiger partial charge in [0.15, 0.2) is 5.78 Å². The van der Waals surface area contributed by atoms with Gasteiger partial charge in [-0.25, -0.2) is 0 Å². The zero-order chi connectivity index (χ0) is 11.4. The smallest absolute Gasteiger partial charge is 0.163 e. The summed E-state index contributed by atoms with van der Waals surface area (Å²) in [5.74, 6) is 0.193. The molecular weight excluding hydrogens is 218 g/mol. The summed E-state index contributed by atoms with van der Waals surface area (Å²) in [7, 11) is 0. The summed E-state index contributed by atoms with van der Waals surface area (Å²) in [6, 6.07) is 7.71. The number of pyridine rings is 1. The Bertz CT molecular complexity index is 476. The van der Waals surface area contributed by atoms with Gasteiger partial charge in [0.25, 0.3) is 0 Å². The number of rotatable bonds is 4. The maximum Gasteiger partial charge on any atom is 0.163 e. The van der Waals surface area contributed by atoms with Gasteiger partial charge in [-0.2, -0.15) is 0 Å². The van der Waals surface area contributed by atoms with Crippen LogP contribution in [0.25, 0.3) is 0 Å². The van der Waals surface area contributed by atoms with E-state index in [1.165, 1.54) is 4.88 Å². The number of Topliss-reactive ketones (excluding diaryl/α,β-unsaturated/α-hetero) is 1. The lowest BCUT2D eigenvalue weighted by Gasteiger charge is -2.00. The van der Waals surface area contributed by atoms with E-state index in [2.05, 4.69) is 11.1 Å². The number of hydrogen-bond donors (Lipinski definition) is 0. The quantitative estimate of drug-likeness (QED) is 0.756. The van der Waals surface area contributed by atoms with E-state index in [0.717, 1.165) is 17.7 Å². The van der Waals surface area contributed by atoms with Crippen molar-refractivity contribution >= 4 is 17.1 Å². The Labute approximate surface area is 99.0 Å². The first kappa shape index (κ1) is 11.0. The van der Waals surface area contributed by atoms with Crippen molar-refractivity contribution in [1.29, 1.82) is 0 Å². The summed E-state index contributed by atoms with van der Waals surface area (Å²) in [5, 5.41) is 2.04. The zero-order valence-corrected chi connectivity index (χ0v) is 9.96. The van der Waals surface area contributed by atoms with Crippen LogP contribution in [0.15, 0.2) is 35.8 Å². The van der Waals surface area contributed by atoms with Crippen molar-refractivity contribution in [3.05, 3.63) is 52.0 Å². The van der Waals surface area contributed by atoms with E-state index >= 15 is 0 Å². The fraction of sp³-hybridized carbons (Fsp3) is 0.231. The van der Waals surface area contributed by atoms with Crippen molar-refractivity contribution < 1.29 is 4.79 Å². The molecule has 0 unspecified atom stereocenters. The first-order chi connectivity index (χ1) is 7.75. The Morgan fingerprint density at radius 2 is 2.31 bits per heavy atom. The molecule has 0 aromatic carbocycles. The maximum atomic E-state index is 11.9. The molecule has 0 amide bonds. The lowest BCUT2D eigenvalue weighted by atomic mass is 10.1. The van der Waals surface area contributed by atoms with Crippen molar-refractivity contribution in [1.82, 2.24) is 4.98 Å². The minimum atomic E-state index is 0.193. The Morgan fingerprint density at radius 1 is 1.44 bits per heavy atom. The SMILES string of the molecule is Cc1cc(C(=O)CCc2cccs2)ccn1. The molecule has 0 spiro atoms. The summed E-state index contributed by atoms with van der Waals surface area (Å²) in [5.41, 5.74) is 1.66. The average Bonchev–Trinajstić information content (AvgIpc) is 2.78. The first-order valence-electron chi connectivity index (χ1n) is 5.24. The molecule has 0 radical (unpaired) electrons. The molecule has 3 heteroatoms. The largest absolute Gasteiger partial charge is 0.294 e. The zero-order valence-electron chi connectivity index (χ0n) is 9.14. The van der Waals surface area contributed by atoms with Crippen LogP contribution in [0.2, 0.25) is 0 Å². The molecule has 0 aliphatic carbocycles. The summed E-state index contributed by atoms with van der Waals surface area (Å²) >= 11 is 1.70. The predicted octanol–water partition coefficient (Wildman–Crippen LogP) is 3.27. The van der Waals surface area contributed by atoms with E-state index < -0.39 is 0 Å². The Balaban J connectivity index is 1.98. The van der Waals surface area contributed by atoms with Gasteiger partial charge in [-0.1, -0.05) is 6.07 Å². The molecule has 0 aliphatic heterocycles. The van der Waals surface area contributed by atoms with Gasteiger partial charge in [0.1, 0.15) is 0 Å². The second-order valence-corrected chi connectivity index (χ2v) is 4.72. The molecule has 2 aromatic rings. The number of carbonyl (C=O) groups excluding carboxylic acids is 1. The fourth-order valence-electron chi connectivity index (χ4n) is 1.55. The summed E-state index contributed by atoms with van der Waals surface area (Å²) in [4.78, 5) is 17.2. The number of hydrogen-bond acceptors (Lipinski definition) is 3. The van der Waals surface area contributed by atoms with Crippen molar-refractivity contribution in [2.24, 2.45) is 0 Å². The van der Waals surface area contributed by atoms with Crippen LogP contribution in [-0.4, -0.2) is 10.8 Å². The van der Waals surface area contributed by atoms with Crippen LogP contribution in [0.4, 0.5) is 0 Å². The van der Waals surface area contributed by atoms with Crippen LogP contribution in [0.1, 0.15) is 27.3 Å². The average molecular weight is 231 g/mol. The van der Waals surface area contributed by atoms with E-state index in [9.17, 15) is 4.79 Å². The van der Waals surface area contributed by atoms with E-state index in [1.807, 2.05) is 24.4 Å². The molecule has 2 heterocycles. The van der Waals surface area contributed by atoms with Gasteiger partial charge < -0.3 is 0 Å². The molecule has 2 nitrogen and oxygen atoms in total. The molecule has 2 rings (SSSR count). The number of ketones is 1. The third-order valence-corrected chi connectivity index (χ3v) is 3.33. The van der Waals surface area contributed by atoms with Gasteiger partial charge in [0.05, 0.1) is 0 Å². The standard InChI is InChI=1S/C13H13NOS/c1-10-9-11(6-7-14-10)13(15)5-4-12-3-2-8-16-12/h2-3,6-9H,4-5H2,1H3. The topological polar surface area (TPSA) is 30.0 Å². The Morgan fingerprint density at radius 3 is 3.00 bits per heavy atom. The van der Waals surface area contributed by atoms with Crippen LogP contribution >= 0.6 is 11.3 Å². The second kappa shape index (κ2) is 5.03. The van der Waals surface area contributed by atoms with Crippen molar-refractivity contribution in [3.8, 4) is 0 Å². The summed E-state index contributed by atoms with van der Waals surface area (Å²) < 4.78 is 0. The molecule has 0 saturated carbocycles. The predicted molar refractivity (Wildman–Crippen MR) is 65.9 cm³/mol. The van der Waals surface area contributed by atoms with E-state index in [4.69, 9.17) is 0 Å². The molecule has 2 aromatic heterocycles. The third kappa shape index (κ3) is 2.76. The maximum absolute atomic E-state index is 11.9.